The zero-order chi connectivity index (χ0) is 15.0. The van der Waals surface area contributed by atoms with E-state index in [4.69, 9.17) is 29.5 Å². The Morgan fingerprint density at radius 1 is 1.35 bits per heavy atom. The summed E-state index contributed by atoms with van der Waals surface area (Å²) in [5.41, 5.74) is 0.915. The predicted molar refractivity (Wildman–Crippen MR) is 91.5 cm³/mol. The lowest BCUT2D eigenvalue weighted by Gasteiger charge is -2.26. The van der Waals surface area contributed by atoms with E-state index in [1.54, 1.807) is 0 Å². The first-order valence-corrected chi connectivity index (χ1v) is 8.21. The smallest absolute Gasteiger partial charge is 0.117 e. The molecule has 20 heavy (non-hydrogen) atoms. The largest absolute Gasteiger partial charge is 0.382 e. The molecule has 0 N–H and O–H groups in total. The topological polar surface area (TPSA) is 18.5 Å². The van der Waals surface area contributed by atoms with Crippen molar-refractivity contribution in [2.24, 2.45) is 0 Å². The van der Waals surface area contributed by atoms with Gasteiger partial charge in [0.1, 0.15) is 7.85 Å². The van der Waals surface area contributed by atoms with Crippen LogP contribution in [0.5, 0.6) is 0 Å². The van der Waals surface area contributed by atoms with Crippen LogP contribution >= 0.6 is 24.0 Å². The quantitative estimate of drug-likeness (QED) is 0.539. The fraction of sp³-hybridized carbons (Fsp3) is 0.533. The molecular weight excluding hydrogens is 287 g/mol. The fourth-order valence-electron chi connectivity index (χ4n) is 1.54. The summed E-state index contributed by atoms with van der Waals surface area (Å²) in [6, 6.07) is 9.65. The van der Waals surface area contributed by atoms with Crippen LogP contribution in [0.15, 0.2) is 30.3 Å². The minimum Gasteiger partial charge on any atom is -0.382 e. The third-order valence-electron chi connectivity index (χ3n) is 2.91. The molecule has 0 aliphatic rings. The van der Waals surface area contributed by atoms with Gasteiger partial charge >= 0.3 is 0 Å². The molecule has 0 saturated carbocycles. The van der Waals surface area contributed by atoms with Gasteiger partial charge in [-0.15, -0.1) is 11.8 Å². The molecule has 0 fully saturated rings. The zero-order valence-electron chi connectivity index (χ0n) is 12.3. The second kappa shape index (κ2) is 8.83. The van der Waals surface area contributed by atoms with Crippen molar-refractivity contribution in [3.05, 3.63) is 35.9 Å². The zero-order valence-corrected chi connectivity index (χ0v) is 13.9. The number of thioether (sulfide) groups is 1. The van der Waals surface area contributed by atoms with E-state index in [2.05, 4.69) is 26.0 Å². The van der Waals surface area contributed by atoms with Crippen LogP contribution in [0.4, 0.5) is 0 Å². The highest BCUT2D eigenvalue weighted by atomic mass is 32.2. The van der Waals surface area contributed by atoms with Crippen LogP contribution < -0.4 is 0 Å². The summed E-state index contributed by atoms with van der Waals surface area (Å²) >= 11 is 6.53. The van der Waals surface area contributed by atoms with Gasteiger partial charge in [-0.05, 0) is 32.1 Å². The summed E-state index contributed by atoms with van der Waals surface area (Å²) in [5, 5.41) is 0. The Kier molecular flexibility index (Phi) is 7.81. The first-order valence-electron chi connectivity index (χ1n) is 6.57. The van der Waals surface area contributed by atoms with Crippen LogP contribution in [0.25, 0.3) is 0 Å². The number of hydrogen-bond acceptors (Lipinski definition) is 4. The summed E-state index contributed by atoms with van der Waals surface area (Å²) in [6.45, 7) is 5.24. The molecule has 2 nitrogen and oxygen atoms in total. The van der Waals surface area contributed by atoms with Gasteiger partial charge in [-0.3, -0.25) is 0 Å². The van der Waals surface area contributed by atoms with Gasteiger partial charge in [0.25, 0.3) is 0 Å². The van der Waals surface area contributed by atoms with E-state index in [1.807, 2.05) is 24.5 Å². The fourth-order valence-corrected chi connectivity index (χ4v) is 1.91. The molecule has 1 aromatic carbocycles. The maximum absolute atomic E-state index is 5.93. The van der Waals surface area contributed by atoms with E-state index in [-0.39, 0.29) is 5.60 Å². The van der Waals surface area contributed by atoms with E-state index < -0.39 is 6.00 Å². The molecule has 0 bridgehead atoms. The number of hydrogen-bond donors (Lipinski definition) is 0. The van der Waals surface area contributed by atoms with Crippen LogP contribution in [-0.4, -0.2) is 36.5 Å². The van der Waals surface area contributed by atoms with Crippen molar-refractivity contribution < 1.29 is 9.47 Å². The van der Waals surface area contributed by atoms with Crippen molar-refractivity contribution in [1.29, 1.82) is 0 Å². The monoisotopic (exact) mass is 308 g/mol. The molecule has 5 heteroatoms. The van der Waals surface area contributed by atoms with Gasteiger partial charge in [-0.1, -0.05) is 42.5 Å². The average Bonchev–Trinajstić information content (AvgIpc) is 2.45. The standard InChI is InChI=1S/C15H21BO2S2/c1-15(2,9-10-17-13(16)14(19)20-3)18-11-12-7-5-4-6-8-12/h4-8,13H,9-11H2,1-3H3. The van der Waals surface area contributed by atoms with Gasteiger partial charge < -0.3 is 9.47 Å². The van der Waals surface area contributed by atoms with Crippen molar-refractivity contribution in [3.8, 4) is 0 Å². The Bertz CT molecular complexity index is 410. The average molecular weight is 308 g/mol. The van der Waals surface area contributed by atoms with Crippen molar-refractivity contribution in [2.75, 3.05) is 12.9 Å². The highest BCUT2D eigenvalue weighted by Crippen LogP contribution is 2.18. The van der Waals surface area contributed by atoms with E-state index in [1.165, 1.54) is 17.3 Å². The van der Waals surface area contributed by atoms with Gasteiger partial charge in [0, 0.05) is 6.61 Å². The highest BCUT2D eigenvalue weighted by Gasteiger charge is 2.19. The maximum Gasteiger partial charge on any atom is 0.117 e. The van der Waals surface area contributed by atoms with Crippen LogP contribution in [0.1, 0.15) is 25.8 Å². The molecule has 0 aromatic heterocycles. The minimum atomic E-state index is -0.482. The Hall–Kier alpha value is -0.355. The number of benzene rings is 1. The van der Waals surface area contributed by atoms with Crippen LogP contribution in [0.3, 0.4) is 0 Å². The number of thiocarbonyl (C=S) groups is 1. The highest BCUT2D eigenvalue weighted by molar-refractivity contribution is 8.22. The Morgan fingerprint density at radius 2 is 2.00 bits per heavy atom. The minimum absolute atomic E-state index is 0.253. The molecule has 2 radical (unpaired) electrons. The summed E-state index contributed by atoms with van der Waals surface area (Å²) in [5.74, 6) is 0. The molecule has 1 rings (SSSR count). The first kappa shape index (κ1) is 17.7. The van der Waals surface area contributed by atoms with Gasteiger partial charge in [-0.25, -0.2) is 0 Å². The Labute approximate surface area is 133 Å². The first-order chi connectivity index (χ1) is 9.44. The molecule has 0 aliphatic heterocycles. The lowest BCUT2D eigenvalue weighted by atomic mass is 10.0. The van der Waals surface area contributed by atoms with Crippen LogP contribution in [0.2, 0.25) is 0 Å². The molecule has 1 atom stereocenters. The molecule has 108 valence electrons. The maximum atomic E-state index is 5.93. The third-order valence-corrected chi connectivity index (χ3v) is 4.27. The molecule has 0 aliphatic carbocycles. The SMILES string of the molecule is [B]C(OCCC(C)(C)OCc1ccccc1)C(=S)SC. The summed E-state index contributed by atoms with van der Waals surface area (Å²) in [7, 11) is 5.80. The molecule has 0 saturated heterocycles. The summed E-state index contributed by atoms with van der Waals surface area (Å²) < 4.78 is 12.1. The molecular formula is C15H21BO2S2. The van der Waals surface area contributed by atoms with Gasteiger partial charge in [-0.2, -0.15) is 0 Å². The number of rotatable bonds is 8. The van der Waals surface area contributed by atoms with Crippen molar-refractivity contribution in [2.45, 2.75) is 38.5 Å². The second-order valence-electron chi connectivity index (χ2n) is 5.10. The van der Waals surface area contributed by atoms with E-state index in [0.717, 1.165) is 6.42 Å². The van der Waals surface area contributed by atoms with Crippen molar-refractivity contribution in [3.63, 3.8) is 0 Å². The molecule has 0 amide bonds. The summed E-state index contributed by atoms with van der Waals surface area (Å²) in [6.07, 6.45) is 2.67. The lowest BCUT2D eigenvalue weighted by molar-refractivity contribution is -0.0499. The van der Waals surface area contributed by atoms with Gasteiger partial charge in [0.05, 0.1) is 22.4 Å². The lowest BCUT2D eigenvalue weighted by Crippen LogP contribution is -2.29. The van der Waals surface area contributed by atoms with E-state index in [0.29, 0.717) is 17.4 Å². The molecule has 0 spiro atoms. The van der Waals surface area contributed by atoms with Gasteiger partial charge in [0.2, 0.25) is 0 Å². The van der Waals surface area contributed by atoms with Crippen LogP contribution in [-0.2, 0) is 16.1 Å². The normalized spacial score (nSPS) is 13.2. The number of ether oxygens (including phenoxy) is 2. The summed E-state index contributed by atoms with van der Waals surface area (Å²) in [4.78, 5) is 0. The van der Waals surface area contributed by atoms with Crippen LogP contribution in [0, 0.1) is 0 Å². The molecule has 0 heterocycles. The second-order valence-corrected chi connectivity index (χ2v) is 6.64. The van der Waals surface area contributed by atoms with Gasteiger partial charge in [0.15, 0.2) is 0 Å². The molecule has 1 aromatic rings. The Morgan fingerprint density at radius 3 is 2.60 bits per heavy atom. The molecule has 1 unspecified atom stereocenters. The van der Waals surface area contributed by atoms with E-state index >= 15 is 0 Å². The third kappa shape index (κ3) is 6.89. The van der Waals surface area contributed by atoms with E-state index in [9.17, 15) is 0 Å². The Balaban J connectivity index is 2.29. The van der Waals surface area contributed by atoms with Crippen molar-refractivity contribution >= 4 is 36.0 Å². The predicted octanol–water partition coefficient (Wildman–Crippen LogP) is 3.57. The van der Waals surface area contributed by atoms with Crippen molar-refractivity contribution in [1.82, 2.24) is 0 Å².